The van der Waals surface area contributed by atoms with Gasteiger partial charge in [-0.2, -0.15) is 0 Å². The van der Waals surface area contributed by atoms with Crippen LogP contribution in [-0.4, -0.2) is 23.9 Å². The number of halogens is 2. The van der Waals surface area contributed by atoms with Crippen LogP contribution in [-0.2, 0) is 0 Å². The fraction of sp³-hybridized carbons (Fsp3) is 0.533. The predicted molar refractivity (Wildman–Crippen MR) is 82.7 cm³/mol. The van der Waals surface area contributed by atoms with E-state index in [9.17, 15) is 4.79 Å². The number of nitrogens with zero attached hydrogens (tertiary/aromatic N) is 1. The molecule has 1 amide bonds. The van der Waals surface area contributed by atoms with Crippen LogP contribution in [0.2, 0.25) is 5.02 Å². The lowest BCUT2D eigenvalue weighted by molar-refractivity contribution is 0.0760. The molecule has 4 heteroatoms. The van der Waals surface area contributed by atoms with Crippen molar-refractivity contribution in [3.8, 4) is 0 Å². The zero-order chi connectivity index (χ0) is 13.8. The first-order valence-electron chi connectivity index (χ1n) is 6.86. The number of rotatable bonds is 2. The van der Waals surface area contributed by atoms with Gasteiger partial charge in [0.1, 0.15) is 0 Å². The van der Waals surface area contributed by atoms with E-state index in [1.54, 1.807) is 6.07 Å². The van der Waals surface area contributed by atoms with E-state index in [0.29, 0.717) is 10.6 Å². The Morgan fingerprint density at radius 3 is 2.95 bits per heavy atom. The van der Waals surface area contributed by atoms with Crippen molar-refractivity contribution in [2.24, 2.45) is 5.92 Å². The molecule has 19 heavy (non-hydrogen) atoms. The Kier molecular flexibility index (Phi) is 5.28. The molecule has 1 atom stereocenters. The molecule has 2 rings (SSSR count). The Balaban J connectivity index is 2.13. The zero-order valence-corrected chi connectivity index (χ0v) is 13.5. The quantitative estimate of drug-likeness (QED) is 0.758. The second kappa shape index (κ2) is 6.76. The fourth-order valence-electron chi connectivity index (χ4n) is 2.61. The molecular weight excluding hydrogens is 326 g/mol. The third-order valence-corrected chi connectivity index (χ3v) is 4.69. The Morgan fingerprint density at radius 1 is 1.42 bits per heavy atom. The van der Waals surface area contributed by atoms with Crippen molar-refractivity contribution in [3.63, 3.8) is 0 Å². The molecule has 104 valence electrons. The van der Waals surface area contributed by atoms with Crippen molar-refractivity contribution in [1.82, 2.24) is 4.90 Å². The minimum atomic E-state index is 0.0584. The smallest absolute Gasteiger partial charge is 0.255 e. The standard InChI is InChI=1S/C15H19BrClNO/c1-2-11-4-3-8-18(9-7-11)15(19)13-10-12(16)5-6-14(13)17/h5-6,10-11H,2-4,7-9H2,1H3. The van der Waals surface area contributed by atoms with Crippen molar-refractivity contribution in [3.05, 3.63) is 33.3 Å². The van der Waals surface area contributed by atoms with Crippen LogP contribution in [0.5, 0.6) is 0 Å². The number of likely N-dealkylation sites (tertiary alicyclic amines) is 1. The highest BCUT2D eigenvalue weighted by molar-refractivity contribution is 9.10. The normalized spacial score (nSPS) is 20.2. The highest BCUT2D eigenvalue weighted by Crippen LogP contribution is 2.25. The lowest BCUT2D eigenvalue weighted by Crippen LogP contribution is -2.32. The largest absolute Gasteiger partial charge is 0.339 e. The summed E-state index contributed by atoms with van der Waals surface area (Å²) in [5, 5.41) is 0.532. The van der Waals surface area contributed by atoms with E-state index in [2.05, 4.69) is 22.9 Å². The van der Waals surface area contributed by atoms with Crippen LogP contribution in [0.15, 0.2) is 22.7 Å². The van der Waals surface area contributed by atoms with Gasteiger partial charge in [-0.1, -0.05) is 40.9 Å². The number of hydrogen-bond acceptors (Lipinski definition) is 1. The van der Waals surface area contributed by atoms with Crippen molar-refractivity contribution >= 4 is 33.4 Å². The second-order valence-electron chi connectivity index (χ2n) is 5.12. The Morgan fingerprint density at radius 2 is 2.21 bits per heavy atom. The van der Waals surface area contributed by atoms with Gasteiger partial charge < -0.3 is 4.90 Å². The van der Waals surface area contributed by atoms with Gasteiger partial charge in [-0.3, -0.25) is 4.79 Å². The minimum Gasteiger partial charge on any atom is -0.339 e. The van der Waals surface area contributed by atoms with Gasteiger partial charge in [0.15, 0.2) is 0 Å². The van der Waals surface area contributed by atoms with Gasteiger partial charge in [-0.25, -0.2) is 0 Å². The molecule has 0 radical (unpaired) electrons. The maximum atomic E-state index is 12.5. The first kappa shape index (κ1) is 14.9. The molecule has 1 saturated heterocycles. The Hall–Kier alpha value is -0.540. The molecule has 0 aliphatic carbocycles. The van der Waals surface area contributed by atoms with E-state index in [-0.39, 0.29) is 5.91 Å². The summed E-state index contributed by atoms with van der Waals surface area (Å²) in [7, 11) is 0. The first-order valence-corrected chi connectivity index (χ1v) is 8.03. The fourth-order valence-corrected chi connectivity index (χ4v) is 3.17. The molecule has 1 aromatic carbocycles. The number of benzene rings is 1. The molecule has 0 aromatic heterocycles. The van der Waals surface area contributed by atoms with E-state index >= 15 is 0 Å². The van der Waals surface area contributed by atoms with E-state index in [1.165, 1.54) is 12.8 Å². The van der Waals surface area contributed by atoms with Crippen LogP contribution in [0.1, 0.15) is 43.0 Å². The first-order chi connectivity index (χ1) is 9.11. The van der Waals surface area contributed by atoms with Gasteiger partial charge in [-0.05, 0) is 43.4 Å². The molecule has 0 spiro atoms. The molecule has 0 bridgehead atoms. The number of carbonyl (C=O) groups is 1. The predicted octanol–water partition coefficient (Wildman–Crippen LogP) is 4.75. The van der Waals surface area contributed by atoms with E-state index < -0.39 is 0 Å². The molecular formula is C15H19BrClNO. The van der Waals surface area contributed by atoms with Gasteiger partial charge in [0.25, 0.3) is 5.91 Å². The summed E-state index contributed by atoms with van der Waals surface area (Å²) < 4.78 is 0.890. The maximum Gasteiger partial charge on any atom is 0.255 e. The van der Waals surface area contributed by atoms with Crippen molar-refractivity contribution < 1.29 is 4.79 Å². The topological polar surface area (TPSA) is 20.3 Å². The summed E-state index contributed by atoms with van der Waals surface area (Å²) in [6.45, 7) is 3.92. The highest BCUT2D eigenvalue weighted by Gasteiger charge is 2.22. The lowest BCUT2D eigenvalue weighted by atomic mass is 9.98. The summed E-state index contributed by atoms with van der Waals surface area (Å²) in [5.74, 6) is 0.818. The number of hydrogen-bond donors (Lipinski definition) is 0. The average Bonchev–Trinajstić information content (AvgIpc) is 2.66. The average molecular weight is 345 g/mol. The van der Waals surface area contributed by atoms with E-state index in [0.717, 1.165) is 36.3 Å². The molecule has 0 N–H and O–H groups in total. The summed E-state index contributed by atoms with van der Waals surface area (Å²) >= 11 is 9.53. The lowest BCUT2D eigenvalue weighted by Gasteiger charge is -2.21. The van der Waals surface area contributed by atoms with E-state index in [4.69, 9.17) is 11.6 Å². The van der Waals surface area contributed by atoms with Crippen molar-refractivity contribution in [1.29, 1.82) is 0 Å². The maximum absolute atomic E-state index is 12.5. The van der Waals surface area contributed by atoms with Crippen LogP contribution in [0, 0.1) is 5.92 Å². The summed E-state index contributed by atoms with van der Waals surface area (Å²) in [6, 6.07) is 5.44. The number of carbonyl (C=O) groups excluding carboxylic acids is 1. The second-order valence-corrected chi connectivity index (χ2v) is 6.44. The van der Waals surface area contributed by atoms with Gasteiger partial charge in [-0.15, -0.1) is 0 Å². The molecule has 0 saturated carbocycles. The SMILES string of the molecule is CCC1CCCN(C(=O)c2cc(Br)ccc2Cl)CC1. The minimum absolute atomic E-state index is 0.0584. The third-order valence-electron chi connectivity index (χ3n) is 3.87. The van der Waals surface area contributed by atoms with Crippen LogP contribution < -0.4 is 0 Å². The third kappa shape index (κ3) is 3.73. The zero-order valence-electron chi connectivity index (χ0n) is 11.2. The molecule has 1 aliphatic heterocycles. The van der Waals surface area contributed by atoms with Crippen LogP contribution in [0.4, 0.5) is 0 Å². The van der Waals surface area contributed by atoms with Crippen molar-refractivity contribution in [2.75, 3.05) is 13.1 Å². The molecule has 1 heterocycles. The van der Waals surface area contributed by atoms with Gasteiger partial charge >= 0.3 is 0 Å². The molecule has 1 aliphatic rings. The monoisotopic (exact) mass is 343 g/mol. The van der Waals surface area contributed by atoms with E-state index in [1.807, 2.05) is 17.0 Å². The summed E-state index contributed by atoms with van der Waals surface area (Å²) in [4.78, 5) is 14.5. The Bertz CT molecular complexity index is 463. The van der Waals surface area contributed by atoms with Crippen LogP contribution >= 0.6 is 27.5 Å². The number of amides is 1. The molecule has 1 fully saturated rings. The van der Waals surface area contributed by atoms with Gasteiger partial charge in [0, 0.05) is 17.6 Å². The van der Waals surface area contributed by atoms with Gasteiger partial charge in [0.2, 0.25) is 0 Å². The molecule has 2 nitrogen and oxygen atoms in total. The Labute approximate surface area is 128 Å². The van der Waals surface area contributed by atoms with Gasteiger partial charge in [0.05, 0.1) is 10.6 Å². The molecule has 1 aromatic rings. The highest BCUT2D eigenvalue weighted by atomic mass is 79.9. The van der Waals surface area contributed by atoms with Crippen molar-refractivity contribution in [2.45, 2.75) is 32.6 Å². The van der Waals surface area contributed by atoms with Crippen LogP contribution in [0.25, 0.3) is 0 Å². The summed E-state index contributed by atoms with van der Waals surface area (Å²) in [5.41, 5.74) is 0.603. The molecule has 1 unspecified atom stereocenters. The summed E-state index contributed by atoms with van der Waals surface area (Å²) in [6.07, 6.45) is 4.63. The van der Waals surface area contributed by atoms with Crippen LogP contribution in [0.3, 0.4) is 0 Å².